The van der Waals surface area contributed by atoms with E-state index in [2.05, 4.69) is 27.2 Å². The summed E-state index contributed by atoms with van der Waals surface area (Å²) in [5, 5.41) is 6.02. The van der Waals surface area contributed by atoms with E-state index in [9.17, 15) is 0 Å². The number of hydrogen-bond donors (Lipinski definition) is 0. The predicted molar refractivity (Wildman–Crippen MR) is 85.8 cm³/mol. The van der Waals surface area contributed by atoms with Gasteiger partial charge in [-0.2, -0.15) is 4.98 Å². The van der Waals surface area contributed by atoms with E-state index in [1.807, 2.05) is 36.7 Å². The fraction of sp³-hybridized carbons (Fsp3) is 0.250. The van der Waals surface area contributed by atoms with Crippen molar-refractivity contribution in [3.05, 3.63) is 53.2 Å². The van der Waals surface area contributed by atoms with Crippen LogP contribution >= 0.6 is 11.3 Å². The Morgan fingerprint density at radius 2 is 2.00 bits per heavy atom. The highest BCUT2D eigenvalue weighted by molar-refractivity contribution is 7.13. The van der Waals surface area contributed by atoms with Gasteiger partial charge >= 0.3 is 0 Å². The Morgan fingerprint density at radius 3 is 2.68 bits per heavy atom. The van der Waals surface area contributed by atoms with Crippen molar-refractivity contribution in [1.29, 1.82) is 0 Å². The van der Waals surface area contributed by atoms with Gasteiger partial charge in [0.05, 0.1) is 18.5 Å². The summed E-state index contributed by atoms with van der Waals surface area (Å²) in [6, 6.07) is 12.0. The van der Waals surface area contributed by atoms with Crippen molar-refractivity contribution in [3.63, 3.8) is 0 Å². The van der Waals surface area contributed by atoms with Crippen LogP contribution in [0.2, 0.25) is 0 Å². The average Bonchev–Trinajstić information content (AvgIpc) is 3.19. The number of nitrogens with zero attached hydrogens (tertiary/aromatic N) is 3. The highest BCUT2D eigenvalue weighted by Crippen LogP contribution is 2.21. The van der Waals surface area contributed by atoms with Crippen molar-refractivity contribution >= 4 is 11.3 Å². The summed E-state index contributed by atoms with van der Waals surface area (Å²) >= 11 is 1.60. The third kappa shape index (κ3) is 3.52. The lowest BCUT2D eigenvalue weighted by Gasteiger charge is -2.14. The SMILES string of the molecule is COc1ccc(CN(C)Cc2nc(-c3cccs3)no2)cc1. The molecule has 2 aromatic heterocycles. The standard InChI is InChI=1S/C16H17N3O2S/c1-19(10-12-5-7-13(20-2)8-6-12)11-15-17-16(18-21-15)14-4-3-9-22-14/h3-9H,10-11H2,1-2H3. The molecule has 5 nitrogen and oxygen atoms in total. The van der Waals surface area contributed by atoms with Crippen LogP contribution in [0, 0.1) is 0 Å². The molecular weight excluding hydrogens is 298 g/mol. The lowest BCUT2D eigenvalue weighted by molar-refractivity contribution is 0.261. The molecule has 6 heteroatoms. The first-order valence-electron chi connectivity index (χ1n) is 6.92. The Morgan fingerprint density at radius 1 is 1.18 bits per heavy atom. The largest absolute Gasteiger partial charge is 0.497 e. The molecule has 0 aliphatic rings. The highest BCUT2D eigenvalue weighted by atomic mass is 32.1. The lowest BCUT2D eigenvalue weighted by Crippen LogP contribution is -2.17. The highest BCUT2D eigenvalue weighted by Gasteiger charge is 2.11. The van der Waals surface area contributed by atoms with E-state index in [0.717, 1.165) is 17.2 Å². The van der Waals surface area contributed by atoms with Crippen LogP contribution in [0.25, 0.3) is 10.7 Å². The molecule has 0 atom stereocenters. The molecule has 22 heavy (non-hydrogen) atoms. The summed E-state index contributed by atoms with van der Waals surface area (Å²) in [6.07, 6.45) is 0. The number of methoxy groups -OCH3 is 1. The van der Waals surface area contributed by atoms with Gasteiger partial charge in [-0.3, -0.25) is 4.90 Å². The monoisotopic (exact) mass is 315 g/mol. The molecule has 2 heterocycles. The average molecular weight is 315 g/mol. The molecule has 0 aliphatic carbocycles. The van der Waals surface area contributed by atoms with Crippen LogP contribution in [0.15, 0.2) is 46.3 Å². The van der Waals surface area contributed by atoms with Crippen LogP contribution in [0.3, 0.4) is 0 Å². The van der Waals surface area contributed by atoms with Gasteiger partial charge in [0.2, 0.25) is 11.7 Å². The molecule has 1 aromatic carbocycles. The molecule has 0 aliphatic heterocycles. The van der Waals surface area contributed by atoms with Crippen LogP contribution in [-0.4, -0.2) is 29.2 Å². The van der Waals surface area contributed by atoms with E-state index in [0.29, 0.717) is 18.3 Å². The Hall–Kier alpha value is -2.18. The second-order valence-corrected chi connectivity index (χ2v) is 5.96. The Kier molecular flexibility index (Phi) is 4.50. The first-order valence-corrected chi connectivity index (χ1v) is 7.80. The molecular formula is C16H17N3O2S. The Bertz CT molecular complexity index is 707. The zero-order chi connectivity index (χ0) is 15.4. The molecule has 0 bridgehead atoms. The van der Waals surface area contributed by atoms with E-state index < -0.39 is 0 Å². The fourth-order valence-corrected chi connectivity index (χ4v) is 2.80. The van der Waals surface area contributed by atoms with Gasteiger partial charge in [-0.25, -0.2) is 0 Å². The van der Waals surface area contributed by atoms with Crippen molar-refractivity contribution in [2.24, 2.45) is 0 Å². The maximum absolute atomic E-state index is 5.32. The van der Waals surface area contributed by atoms with Crippen molar-refractivity contribution in [1.82, 2.24) is 15.0 Å². The van der Waals surface area contributed by atoms with Crippen molar-refractivity contribution in [3.8, 4) is 16.5 Å². The van der Waals surface area contributed by atoms with E-state index in [4.69, 9.17) is 9.26 Å². The third-order valence-corrected chi connectivity index (χ3v) is 4.09. The van der Waals surface area contributed by atoms with E-state index >= 15 is 0 Å². The van der Waals surface area contributed by atoms with Crippen LogP contribution in [0.4, 0.5) is 0 Å². The van der Waals surface area contributed by atoms with E-state index in [1.54, 1.807) is 18.4 Å². The van der Waals surface area contributed by atoms with E-state index in [1.165, 1.54) is 5.56 Å². The second kappa shape index (κ2) is 6.72. The summed E-state index contributed by atoms with van der Waals surface area (Å²) in [5.41, 5.74) is 1.21. The number of hydrogen-bond acceptors (Lipinski definition) is 6. The second-order valence-electron chi connectivity index (χ2n) is 5.01. The Labute approximate surface area is 133 Å². The van der Waals surface area contributed by atoms with Gasteiger partial charge in [0.15, 0.2) is 0 Å². The summed E-state index contributed by atoms with van der Waals surface area (Å²) in [4.78, 5) is 7.59. The molecule has 0 fully saturated rings. The molecule has 3 rings (SSSR count). The zero-order valence-electron chi connectivity index (χ0n) is 12.5. The first kappa shape index (κ1) is 14.7. The van der Waals surface area contributed by atoms with Gasteiger partial charge in [-0.05, 0) is 36.2 Å². The number of benzene rings is 1. The summed E-state index contributed by atoms with van der Waals surface area (Å²) in [6.45, 7) is 1.42. The first-order chi connectivity index (χ1) is 10.7. The zero-order valence-corrected chi connectivity index (χ0v) is 13.3. The summed E-state index contributed by atoms with van der Waals surface area (Å²) in [5.74, 6) is 2.14. The van der Waals surface area contributed by atoms with Crippen LogP contribution in [0.5, 0.6) is 5.75 Å². The third-order valence-electron chi connectivity index (χ3n) is 3.23. The quantitative estimate of drug-likeness (QED) is 0.697. The topological polar surface area (TPSA) is 51.4 Å². The van der Waals surface area contributed by atoms with Gasteiger partial charge in [-0.1, -0.05) is 23.4 Å². The van der Waals surface area contributed by atoms with E-state index in [-0.39, 0.29) is 0 Å². The van der Waals surface area contributed by atoms with Gasteiger partial charge in [-0.15, -0.1) is 11.3 Å². The molecule has 0 radical (unpaired) electrons. The molecule has 0 unspecified atom stereocenters. The Balaban J connectivity index is 1.60. The van der Waals surface area contributed by atoms with Gasteiger partial charge in [0.1, 0.15) is 5.75 Å². The number of ether oxygens (including phenoxy) is 1. The smallest absolute Gasteiger partial charge is 0.241 e. The van der Waals surface area contributed by atoms with Gasteiger partial charge < -0.3 is 9.26 Å². The number of thiophene rings is 1. The van der Waals surface area contributed by atoms with Gasteiger partial charge in [0, 0.05) is 6.54 Å². The maximum atomic E-state index is 5.32. The number of rotatable bonds is 6. The van der Waals surface area contributed by atoms with Crippen molar-refractivity contribution in [2.45, 2.75) is 13.1 Å². The summed E-state index contributed by atoms with van der Waals surface area (Å²) < 4.78 is 10.5. The molecule has 0 saturated carbocycles. The fourth-order valence-electron chi connectivity index (χ4n) is 2.15. The van der Waals surface area contributed by atoms with Crippen molar-refractivity contribution < 1.29 is 9.26 Å². The predicted octanol–water partition coefficient (Wildman–Crippen LogP) is 3.44. The minimum absolute atomic E-state index is 0.615. The van der Waals surface area contributed by atoms with Crippen LogP contribution < -0.4 is 4.74 Å². The molecule has 114 valence electrons. The normalized spacial score (nSPS) is 11.0. The molecule has 3 aromatic rings. The molecule has 0 saturated heterocycles. The molecule has 0 amide bonds. The lowest BCUT2D eigenvalue weighted by atomic mass is 10.2. The molecule has 0 N–H and O–H groups in total. The minimum atomic E-state index is 0.615. The van der Waals surface area contributed by atoms with Gasteiger partial charge in [0.25, 0.3) is 0 Å². The van der Waals surface area contributed by atoms with Crippen molar-refractivity contribution in [2.75, 3.05) is 14.2 Å². The summed E-state index contributed by atoms with van der Waals surface area (Å²) in [7, 11) is 3.70. The molecule has 0 spiro atoms. The maximum Gasteiger partial charge on any atom is 0.241 e. The van der Waals surface area contributed by atoms with Crippen LogP contribution in [0.1, 0.15) is 11.5 Å². The minimum Gasteiger partial charge on any atom is -0.497 e. The van der Waals surface area contributed by atoms with Crippen LogP contribution in [-0.2, 0) is 13.1 Å². The number of aromatic nitrogens is 2.